The van der Waals surface area contributed by atoms with Crippen molar-refractivity contribution < 1.29 is 59.8 Å². The van der Waals surface area contributed by atoms with Crippen molar-refractivity contribution >= 4 is 45.3 Å². The average molecular weight is 1100 g/mol. The minimum Gasteiger partial charge on any atom is -0.394 e. The molecule has 2 aliphatic heterocycles. The van der Waals surface area contributed by atoms with Gasteiger partial charge in [0.2, 0.25) is 0 Å². The number of rotatable bonds is 31. The van der Waals surface area contributed by atoms with E-state index < -0.39 is 74.6 Å². The van der Waals surface area contributed by atoms with E-state index in [1.165, 1.54) is 156 Å². The zero-order valence-electron chi connectivity index (χ0n) is 43.5. The predicted molar refractivity (Wildman–Crippen MR) is 299 cm³/mol. The molecular weight excluding hydrogens is 1020 g/mol. The van der Waals surface area contributed by atoms with E-state index in [1.54, 1.807) is 45.3 Å². The molecular formula is C58H82O12S4. The van der Waals surface area contributed by atoms with Crippen molar-refractivity contribution in [2.75, 3.05) is 26.4 Å². The van der Waals surface area contributed by atoms with Gasteiger partial charge in [0.1, 0.15) is 62.0 Å². The Morgan fingerprint density at radius 2 is 0.770 bits per heavy atom. The molecule has 0 bridgehead atoms. The smallest absolute Gasteiger partial charge is 0.187 e. The largest absolute Gasteiger partial charge is 0.394 e. The number of aliphatic hydroxyl groups excluding tert-OH is 8. The molecule has 4 aromatic rings. The molecule has 4 aromatic heterocycles. The minimum atomic E-state index is -1.51. The maximum absolute atomic E-state index is 10.4. The monoisotopic (exact) mass is 1100 g/mol. The van der Waals surface area contributed by atoms with E-state index in [0.29, 0.717) is 0 Å². The number of thiophene rings is 4. The third-order valence-electron chi connectivity index (χ3n) is 13.9. The highest BCUT2D eigenvalue weighted by Crippen LogP contribution is 2.45. The molecule has 10 atom stereocenters. The van der Waals surface area contributed by atoms with Gasteiger partial charge in [-0.15, -0.1) is 45.3 Å². The van der Waals surface area contributed by atoms with Crippen LogP contribution in [0.4, 0.5) is 0 Å². The fourth-order valence-electron chi connectivity index (χ4n) is 9.46. The second kappa shape index (κ2) is 33.0. The summed E-state index contributed by atoms with van der Waals surface area (Å²) in [6.07, 6.45) is 13.8. The molecule has 0 spiro atoms. The van der Waals surface area contributed by atoms with E-state index >= 15 is 0 Å². The van der Waals surface area contributed by atoms with Crippen LogP contribution in [0.1, 0.15) is 163 Å². The number of aryl methyl sites for hydroxylation is 2. The highest BCUT2D eigenvalue weighted by molar-refractivity contribution is 7.28. The highest BCUT2D eigenvalue weighted by atomic mass is 32.1. The summed E-state index contributed by atoms with van der Waals surface area (Å²) in [6.45, 7) is 3.30. The van der Waals surface area contributed by atoms with Crippen molar-refractivity contribution in [2.45, 2.75) is 217 Å². The van der Waals surface area contributed by atoms with Crippen LogP contribution in [0.25, 0.3) is 29.3 Å². The van der Waals surface area contributed by atoms with Gasteiger partial charge in [-0.05, 0) is 73.2 Å². The zero-order chi connectivity index (χ0) is 52.7. The summed E-state index contributed by atoms with van der Waals surface area (Å²) in [5.41, 5.74) is 2.55. The lowest BCUT2D eigenvalue weighted by Gasteiger charge is -2.39. The molecule has 0 amide bonds. The third-order valence-corrected chi connectivity index (χ3v) is 18.8. The fourth-order valence-corrected chi connectivity index (χ4v) is 14.0. The summed E-state index contributed by atoms with van der Waals surface area (Å²) in [6, 6.07) is 13.2. The Hall–Kier alpha value is -2.56. The minimum absolute atomic E-state index is 0.0766. The molecule has 2 saturated heterocycles. The van der Waals surface area contributed by atoms with Crippen LogP contribution in [0.15, 0.2) is 36.4 Å². The molecule has 0 radical (unpaired) electrons. The Morgan fingerprint density at radius 3 is 1.12 bits per heavy atom. The van der Waals surface area contributed by atoms with Crippen molar-refractivity contribution in [3.8, 4) is 52.9 Å². The fraction of sp³-hybridized carbons (Fsp3) is 0.655. The number of aliphatic hydroxyl groups is 8. The maximum Gasteiger partial charge on any atom is 0.187 e. The second-order valence-corrected chi connectivity index (χ2v) is 24.0. The highest BCUT2D eigenvalue weighted by Gasteiger charge is 2.45. The van der Waals surface area contributed by atoms with Gasteiger partial charge in [0, 0.05) is 29.3 Å². The van der Waals surface area contributed by atoms with Crippen molar-refractivity contribution in [2.24, 2.45) is 0 Å². The average Bonchev–Trinajstić information content (AvgIpc) is 4.25. The number of hydrogen-bond donors (Lipinski definition) is 8. The summed E-state index contributed by atoms with van der Waals surface area (Å²) < 4.78 is 22.3. The lowest BCUT2D eigenvalue weighted by atomic mass is 9.99. The summed E-state index contributed by atoms with van der Waals surface area (Å²) >= 11 is 6.89. The first-order chi connectivity index (χ1) is 36.1. The molecule has 2 aliphatic rings. The Labute approximate surface area is 455 Å². The van der Waals surface area contributed by atoms with E-state index in [1.807, 2.05) is 0 Å². The Morgan fingerprint density at radius 1 is 0.432 bits per heavy atom. The van der Waals surface area contributed by atoms with Crippen LogP contribution < -0.4 is 0 Å². The van der Waals surface area contributed by atoms with E-state index in [-0.39, 0.29) is 13.2 Å². The summed E-state index contributed by atoms with van der Waals surface area (Å²) in [7, 11) is 0. The Kier molecular flexibility index (Phi) is 27.1. The van der Waals surface area contributed by atoms with Crippen LogP contribution in [0.5, 0.6) is 0 Å². The van der Waals surface area contributed by atoms with Crippen LogP contribution in [-0.4, -0.2) is 129 Å². The number of hydrogen-bond acceptors (Lipinski definition) is 16. The molecule has 410 valence electrons. The standard InChI is InChI=1S/C58H82O12S4/c1-3-5-7-9-11-13-15-17-19-21-25-39-35-41(27-23-33-67-57-53(65)51(63)49(61)43(37-59)69-57)71-55(39)47-31-29-45(73-47)46-30-32-48(74-46)56-40(26-22-20-18-16-14-12-10-8-6-4-2)36-42(72-56)28-24-34-68-58-54(66)52(64)50(62)44(38-60)70-58/h29-32,35-36,43-44,49-54,57-66H,3-22,25-26,33-34,37-38H2,1-2H3/t43-,44-,49-,50-,51+,52+,53+,54+,57+,58+/m0/s1. The first-order valence-electron chi connectivity index (χ1n) is 27.3. The molecule has 8 N–H and O–H groups in total. The topological polar surface area (TPSA) is 199 Å². The lowest BCUT2D eigenvalue weighted by molar-refractivity contribution is -0.298. The van der Waals surface area contributed by atoms with Crippen molar-refractivity contribution in [3.63, 3.8) is 0 Å². The summed E-state index contributed by atoms with van der Waals surface area (Å²) in [5, 5.41) is 80.7. The normalized spacial score (nSPS) is 23.9. The summed E-state index contributed by atoms with van der Waals surface area (Å²) in [4.78, 5) is 8.98. The number of ether oxygens (including phenoxy) is 4. The van der Waals surface area contributed by atoms with E-state index in [9.17, 15) is 40.9 Å². The molecule has 2 fully saturated rings. The van der Waals surface area contributed by atoms with Gasteiger partial charge in [0.05, 0.1) is 23.0 Å². The van der Waals surface area contributed by atoms with Gasteiger partial charge in [-0.2, -0.15) is 0 Å². The Balaban J connectivity index is 1.14. The molecule has 0 unspecified atom stereocenters. The van der Waals surface area contributed by atoms with Crippen LogP contribution in [0.3, 0.4) is 0 Å². The molecule has 0 saturated carbocycles. The SMILES string of the molecule is CCCCCCCCCCCCc1cc(C#CCO[C@@H]2O[C@@H](CO)[C@H](O)[C@@H](O)[C@H]2O)sc1-c1ccc(-c2ccc(-c3sc(C#CCO[C@@H]4O[C@@H](CO)[C@H](O)[C@@H](O)[C@H]4O)cc3CCCCCCCCCCCC)s2)s1. The van der Waals surface area contributed by atoms with Gasteiger partial charge in [-0.3, -0.25) is 0 Å². The zero-order valence-corrected chi connectivity index (χ0v) is 46.7. The molecule has 6 heterocycles. The molecule has 0 aromatic carbocycles. The maximum atomic E-state index is 10.4. The quantitative estimate of drug-likeness (QED) is 0.0176. The first kappa shape index (κ1) is 60.7. The van der Waals surface area contributed by atoms with E-state index in [4.69, 9.17) is 18.9 Å². The molecule has 6 rings (SSSR count). The lowest BCUT2D eigenvalue weighted by Crippen LogP contribution is -2.59. The molecule has 16 heteroatoms. The van der Waals surface area contributed by atoms with Crippen LogP contribution >= 0.6 is 45.3 Å². The van der Waals surface area contributed by atoms with E-state index in [2.05, 4.69) is 73.9 Å². The first-order valence-corrected chi connectivity index (χ1v) is 30.6. The van der Waals surface area contributed by atoms with Gasteiger partial charge in [-0.1, -0.05) is 153 Å². The van der Waals surface area contributed by atoms with Crippen LogP contribution in [-0.2, 0) is 31.8 Å². The molecule has 12 nitrogen and oxygen atoms in total. The Bertz CT molecular complexity index is 2170. The van der Waals surface area contributed by atoms with Gasteiger partial charge in [0.15, 0.2) is 12.6 Å². The van der Waals surface area contributed by atoms with Gasteiger partial charge < -0.3 is 59.8 Å². The molecule has 74 heavy (non-hydrogen) atoms. The van der Waals surface area contributed by atoms with Gasteiger partial charge in [0.25, 0.3) is 0 Å². The van der Waals surface area contributed by atoms with Crippen LogP contribution in [0.2, 0.25) is 0 Å². The summed E-state index contributed by atoms with van der Waals surface area (Å²) in [5.74, 6) is 12.6. The third kappa shape index (κ3) is 18.3. The van der Waals surface area contributed by atoms with E-state index in [0.717, 1.165) is 35.4 Å². The van der Waals surface area contributed by atoms with Crippen molar-refractivity contribution in [1.29, 1.82) is 0 Å². The van der Waals surface area contributed by atoms with Crippen molar-refractivity contribution in [3.05, 3.63) is 57.3 Å². The van der Waals surface area contributed by atoms with Gasteiger partial charge in [-0.25, -0.2) is 0 Å². The van der Waals surface area contributed by atoms with Crippen LogP contribution in [0, 0.1) is 23.7 Å². The number of unbranched alkanes of at least 4 members (excludes halogenated alkanes) is 18. The molecule has 0 aliphatic carbocycles. The van der Waals surface area contributed by atoms with Gasteiger partial charge >= 0.3 is 0 Å². The van der Waals surface area contributed by atoms with Crippen molar-refractivity contribution in [1.82, 2.24) is 0 Å². The predicted octanol–water partition coefficient (Wildman–Crippen LogP) is 10.2. The second-order valence-electron chi connectivity index (χ2n) is 19.7.